The topological polar surface area (TPSA) is 54.7 Å². The van der Waals surface area contributed by atoms with E-state index in [1.807, 2.05) is 0 Å². The number of anilines is 1. The van der Waals surface area contributed by atoms with Crippen molar-refractivity contribution in [1.82, 2.24) is 10.2 Å². The van der Waals surface area contributed by atoms with E-state index in [0.29, 0.717) is 12.2 Å². The van der Waals surface area contributed by atoms with Gasteiger partial charge >= 0.3 is 6.18 Å². The van der Waals surface area contributed by atoms with Crippen LogP contribution in [0.5, 0.6) is 0 Å². The maximum atomic E-state index is 12.3. The molecule has 0 radical (unpaired) electrons. The highest BCUT2D eigenvalue weighted by molar-refractivity contribution is 5.33. The number of nitrogens with two attached hydrogens (primary N) is 1. The van der Waals surface area contributed by atoms with Gasteiger partial charge < -0.3 is 5.73 Å². The summed E-state index contributed by atoms with van der Waals surface area (Å²) in [4.78, 5) is 0. The van der Waals surface area contributed by atoms with Gasteiger partial charge in [0, 0.05) is 18.2 Å². The van der Waals surface area contributed by atoms with E-state index in [1.54, 1.807) is 6.07 Å². The van der Waals surface area contributed by atoms with Gasteiger partial charge in [-0.3, -0.25) is 5.10 Å². The predicted octanol–water partition coefficient (Wildman–Crippen LogP) is 2.60. The second kappa shape index (κ2) is 4.12. The Morgan fingerprint density at radius 1 is 1.18 bits per heavy atom. The van der Waals surface area contributed by atoms with Crippen LogP contribution < -0.4 is 5.73 Å². The van der Waals surface area contributed by atoms with Crippen LogP contribution >= 0.6 is 0 Å². The lowest BCUT2D eigenvalue weighted by molar-refractivity contribution is -0.137. The zero-order valence-corrected chi connectivity index (χ0v) is 8.75. The number of benzene rings is 1. The molecule has 0 amide bonds. The summed E-state index contributed by atoms with van der Waals surface area (Å²) in [6.07, 6.45) is -3.82. The van der Waals surface area contributed by atoms with Crippen LogP contribution in [-0.2, 0) is 12.6 Å². The lowest BCUT2D eigenvalue weighted by atomic mass is 10.1. The van der Waals surface area contributed by atoms with Crippen LogP contribution in [-0.4, -0.2) is 10.2 Å². The van der Waals surface area contributed by atoms with Crippen molar-refractivity contribution >= 4 is 5.82 Å². The van der Waals surface area contributed by atoms with Gasteiger partial charge in [0.1, 0.15) is 5.82 Å². The summed E-state index contributed by atoms with van der Waals surface area (Å²) in [5, 5.41) is 6.44. The first kappa shape index (κ1) is 11.5. The first-order valence-electron chi connectivity index (χ1n) is 4.91. The largest absolute Gasteiger partial charge is 0.416 e. The van der Waals surface area contributed by atoms with Crippen LogP contribution in [0.1, 0.15) is 16.8 Å². The highest BCUT2D eigenvalue weighted by Gasteiger charge is 2.29. The molecule has 0 saturated carbocycles. The maximum absolute atomic E-state index is 12.3. The number of H-pyrrole nitrogens is 1. The molecule has 0 aliphatic rings. The molecule has 0 atom stereocenters. The van der Waals surface area contributed by atoms with Crippen molar-refractivity contribution in [3.8, 4) is 0 Å². The molecular weight excluding hydrogens is 231 g/mol. The van der Waals surface area contributed by atoms with E-state index in [1.165, 1.54) is 12.1 Å². The van der Waals surface area contributed by atoms with Crippen molar-refractivity contribution < 1.29 is 13.2 Å². The van der Waals surface area contributed by atoms with Crippen molar-refractivity contribution in [3.63, 3.8) is 0 Å². The van der Waals surface area contributed by atoms with Gasteiger partial charge in [-0.2, -0.15) is 18.3 Å². The number of hydrogen-bond donors (Lipinski definition) is 2. The molecule has 3 N–H and O–H groups in total. The average molecular weight is 241 g/mol. The number of hydrogen-bond acceptors (Lipinski definition) is 2. The van der Waals surface area contributed by atoms with Crippen LogP contribution in [0.25, 0.3) is 0 Å². The fourth-order valence-electron chi connectivity index (χ4n) is 1.50. The monoisotopic (exact) mass is 241 g/mol. The van der Waals surface area contributed by atoms with Crippen molar-refractivity contribution in [2.45, 2.75) is 12.6 Å². The number of nitrogen functional groups attached to an aromatic ring is 1. The molecule has 1 heterocycles. The van der Waals surface area contributed by atoms with Gasteiger partial charge in [-0.05, 0) is 17.7 Å². The van der Waals surface area contributed by atoms with Crippen molar-refractivity contribution in [3.05, 3.63) is 47.2 Å². The van der Waals surface area contributed by atoms with E-state index in [9.17, 15) is 13.2 Å². The normalized spacial score (nSPS) is 11.7. The number of halogens is 3. The second-order valence-corrected chi connectivity index (χ2v) is 3.69. The quantitative estimate of drug-likeness (QED) is 0.849. The number of nitrogens with one attached hydrogen (secondary N) is 1. The summed E-state index contributed by atoms with van der Waals surface area (Å²) >= 11 is 0. The molecule has 3 nitrogen and oxygen atoms in total. The third-order valence-corrected chi connectivity index (χ3v) is 2.33. The summed E-state index contributed by atoms with van der Waals surface area (Å²) < 4.78 is 37.0. The van der Waals surface area contributed by atoms with Crippen molar-refractivity contribution in [2.75, 3.05) is 5.73 Å². The molecule has 2 rings (SSSR count). The van der Waals surface area contributed by atoms with Crippen LogP contribution in [0.2, 0.25) is 0 Å². The molecule has 0 unspecified atom stereocenters. The van der Waals surface area contributed by atoms with Crippen LogP contribution in [0.3, 0.4) is 0 Å². The Balaban J connectivity index is 2.13. The third-order valence-electron chi connectivity index (χ3n) is 2.33. The van der Waals surface area contributed by atoms with Crippen LogP contribution in [0, 0.1) is 0 Å². The van der Waals surface area contributed by atoms with Crippen molar-refractivity contribution in [1.29, 1.82) is 0 Å². The van der Waals surface area contributed by atoms with Gasteiger partial charge in [-0.15, -0.1) is 0 Å². The highest BCUT2D eigenvalue weighted by atomic mass is 19.4. The fraction of sp³-hybridized carbons (Fsp3) is 0.182. The second-order valence-electron chi connectivity index (χ2n) is 3.69. The van der Waals surface area contributed by atoms with E-state index < -0.39 is 11.7 Å². The average Bonchev–Trinajstić information content (AvgIpc) is 2.63. The van der Waals surface area contributed by atoms with Gasteiger partial charge in [-0.25, -0.2) is 0 Å². The highest BCUT2D eigenvalue weighted by Crippen LogP contribution is 2.29. The molecule has 0 spiro atoms. The number of rotatable bonds is 2. The fourth-order valence-corrected chi connectivity index (χ4v) is 1.50. The lowest BCUT2D eigenvalue weighted by Crippen LogP contribution is -2.04. The number of nitrogens with zero attached hydrogens (tertiary/aromatic N) is 1. The van der Waals surface area contributed by atoms with Crippen molar-refractivity contribution in [2.24, 2.45) is 0 Å². The SMILES string of the molecule is Nc1cc(Cc2ccc(C(F)(F)F)cc2)[nH]n1. The Hall–Kier alpha value is -1.98. The molecule has 17 heavy (non-hydrogen) atoms. The molecule has 1 aromatic carbocycles. The van der Waals surface area contributed by atoms with E-state index >= 15 is 0 Å². The molecule has 1 aromatic heterocycles. The van der Waals surface area contributed by atoms with E-state index in [0.717, 1.165) is 23.4 Å². The first-order chi connectivity index (χ1) is 7.95. The molecule has 0 aliphatic carbocycles. The summed E-state index contributed by atoms with van der Waals surface area (Å²) in [5.41, 5.74) is 6.31. The standard InChI is InChI=1S/C11H10F3N3/c12-11(13,14)8-3-1-7(2-4-8)5-9-6-10(15)17-16-9/h1-4,6H,5H2,(H3,15,16,17). The molecule has 0 saturated heterocycles. The smallest absolute Gasteiger partial charge is 0.382 e. The van der Waals surface area contributed by atoms with E-state index in [4.69, 9.17) is 5.73 Å². The summed E-state index contributed by atoms with van der Waals surface area (Å²) in [6.45, 7) is 0. The lowest BCUT2D eigenvalue weighted by Gasteiger charge is -2.06. The van der Waals surface area contributed by atoms with E-state index in [-0.39, 0.29) is 0 Å². The zero-order chi connectivity index (χ0) is 12.5. The molecular formula is C11H10F3N3. The zero-order valence-electron chi connectivity index (χ0n) is 8.75. The Labute approximate surface area is 95.5 Å². The Morgan fingerprint density at radius 3 is 2.29 bits per heavy atom. The van der Waals surface area contributed by atoms with Gasteiger partial charge in [0.15, 0.2) is 0 Å². The molecule has 90 valence electrons. The minimum atomic E-state index is -4.29. The minimum absolute atomic E-state index is 0.368. The minimum Gasteiger partial charge on any atom is -0.382 e. The Kier molecular flexibility index (Phi) is 2.79. The van der Waals surface area contributed by atoms with Gasteiger partial charge in [0.05, 0.1) is 5.56 Å². The van der Waals surface area contributed by atoms with Gasteiger partial charge in [-0.1, -0.05) is 12.1 Å². The molecule has 2 aromatic rings. The predicted molar refractivity (Wildman–Crippen MR) is 57.3 cm³/mol. The summed E-state index contributed by atoms with van der Waals surface area (Å²) in [5.74, 6) is 0.368. The van der Waals surface area contributed by atoms with E-state index in [2.05, 4.69) is 10.2 Å². The maximum Gasteiger partial charge on any atom is 0.416 e. The number of alkyl halides is 3. The number of aromatic nitrogens is 2. The van der Waals surface area contributed by atoms with Crippen LogP contribution in [0.4, 0.5) is 19.0 Å². The molecule has 0 bridgehead atoms. The summed E-state index contributed by atoms with van der Waals surface area (Å²) in [7, 11) is 0. The van der Waals surface area contributed by atoms with Gasteiger partial charge in [0.25, 0.3) is 0 Å². The molecule has 6 heteroatoms. The summed E-state index contributed by atoms with van der Waals surface area (Å²) in [6, 6.07) is 6.67. The first-order valence-corrected chi connectivity index (χ1v) is 4.91. The van der Waals surface area contributed by atoms with Gasteiger partial charge in [0.2, 0.25) is 0 Å². The van der Waals surface area contributed by atoms with Crippen LogP contribution in [0.15, 0.2) is 30.3 Å². The Bertz CT molecular complexity index is 499. The number of aromatic amines is 1. The molecule has 0 aliphatic heterocycles. The third kappa shape index (κ3) is 2.77. The Morgan fingerprint density at radius 2 is 1.82 bits per heavy atom. The molecule has 0 fully saturated rings.